The van der Waals surface area contributed by atoms with Gasteiger partial charge in [0.25, 0.3) is 0 Å². The Morgan fingerprint density at radius 2 is 1.35 bits per heavy atom. The predicted molar refractivity (Wildman–Crippen MR) is 178 cm³/mol. The second-order valence-electron chi connectivity index (χ2n) is 11.9. The topological polar surface area (TPSA) is 253 Å². The zero-order chi connectivity index (χ0) is 36.5. The number of phenols is 1. The summed E-state index contributed by atoms with van der Waals surface area (Å²) in [6, 6.07) is 2.29. The predicted octanol–water partition coefficient (Wildman–Crippen LogP) is -2.05. The van der Waals surface area contributed by atoms with Crippen molar-refractivity contribution < 1.29 is 38.7 Å². The van der Waals surface area contributed by atoms with E-state index in [1.54, 1.807) is 25.4 Å². The normalized spacial score (nSPS) is 13.3. The Morgan fingerprint density at radius 1 is 0.735 bits per heavy atom. The molecule has 0 spiro atoms. The molecule has 1 heterocycles. The van der Waals surface area contributed by atoms with Crippen molar-refractivity contribution in [2.24, 2.45) is 5.92 Å². The molecule has 1 aromatic heterocycles. The molecule has 49 heavy (non-hydrogen) atoms. The molecule has 0 saturated carbocycles. The van der Waals surface area contributed by atoms with E-state index in [1.807, 2.05) is 13.8 Å². The van der Waals surface area contributed by atoms with Crippen LogP contribution in [0.25, 0.3) is 0 Å². The lowest BCUT2D eigenvalue weighted by molar-refractivity contribution is -0.132. The van der Waals surface area contributed by atoms with Gasteiger partial charge >= 0.3 is 0 Å². The average Bonchev–Trinajstić information content (AvgIpc) is 3.55. The number of aromatic amines is 1. The lowest BCUT2D eigenvalue weighted by Gasteiger charge is -2.23. The number of phenolic OH excluding ortho intramolecular Hbond substituents is 1. The summed E-state index contributed by atoms with van der Waals surface area (Å²) in [6.07, 6.45) is 3.52. The highest BCUT2D eigenvalue weighted by Gasteiger charge is 2.27. The van der Waals surface area contributed by atoms with E-state index in [1.165, 1.54) is 32.3 Å². The second-order valence-corrected chi connectivity index (χ2v) is 11.9. The van der Waals surface area contributed by atoms with Crippen molar-refractivity contribution in [1.29, 1.82) is 0 Å². The molecule has 17 nitrogen and oxygen atoms in total. The number of aromatic nitrogens is 2. The number of H-pyrrole nitrogens is 1. The first kappa shape index (κ1) is 39.9. The number of imidazole rings is 1. The van der Waals surface area contributed by atoms with E-state index in [0.29, 0.717) is 5.69 Å². The summed E-state index contributed by atoms with van der Waals surface area (Å²) < 4.78 is 0. The van der Waals surface area contributed by atoms with Gasteiger partial charge in [0.1, 0.15) is 23.9 Å². The Kier molecular flexibility index (Phi) is 16.4. The van der Waals surface area contributed by atoms with Gasteiger partial charge in [0.2, 0.25) is 35.4 Å². The van der Waals surface area contributed by atoms with Crippen LogP contribution in [0.1, 0.15) is 45.4 Å². The standard InChI is InChI=1S/C32H47N9O8/c1-18(2)10-25(32(49)41-24(20(4)42)11-21-6-8-23(43)9-7-21)39-29(46)16-35-27(44)15-36-30(47)19(3)38-31(48)26(40-28(45)14-33-5)12-22-13-34-17-37-22/h6-9,13,17-19,24-26,33,43H,10-12,14-16H2,1-5H3,(H,34,37)(H,35,44)(H,36,47)(H,38,48)(H,39,46)(H,40,45)(H,41,49)/t19-,24-,25-,26-/m0/s1. The molecule has 268 valence electrons. The van der Waals surface area contributed by atoms with Crippen LogP contribution in [0.3, 0.4) is 0 Å². The smallest absolute Gasteiger partial charge is 0.243 e. The number of likely N-dealkylation sites (N-methyl/N-ethyl adjacent to an activating group) is 1. The lowest BCUT2D eigenvalue weighted by atomic mass is 10.00. The van der Waals surface area contributed by atoms with Crippen LogP contribution >= 0.6 is 0 Å². The Morgan fingerprint density at radius 3 is 1.94 bits per heavy atom. The number of Topliss-reactive ketones (excluding diaryl/α,β-unsaturated/α-hetero) is 1. The van der Waals surface area contributed by atoms with Crippen molar-refractivity contribution in [2.45, 2.75) is 71.1 Å². The lowest BCUT2D eigenvalue weighted by Crippen LogP contribution is -2.55. The van der Waals surface area contributed by atoms with Crippen molar-refractivity contribution in [2.75, 3.05) is 26.7 Å². The Balaban J connectivity index is 1.86. The largest absolute Gasteiger partial charge is 0.508 e. The summed E-state index contributed by atoms with van der Waals surface area (Å²) in [5.74, 6) is -3.90. The number of aromatic hydroxyl groups is 1. The molecule has 2 aromatic rings. The molecule has 6 amide bonds. The molecule has 0 saturated heterocycles. The summed E-state index contributed by atoms with van der Waals surface area (Å²) in [5, 5.41) is 27.3. The van der Waals surface area contributed by atoms with Gasteiger partial charge in [-0.3, -0.25) is 33.6 Å². The summed E-state index contributed by atoms with van der Waals surface area (Å²) in [6.45, 7) is 5.44. The number of nitrogens with zero attached hydrogens (tertiary/aromatic N) is 1. The van der Waals surface area contributed by atoms with Gasteiger partial charge < -0.3 is 47.3 Å². The number of rotatable bonds is 20. The number of amides is 6. The molecule has 0 aliphatic rings. The van der Waals surface area contributed by atoms with Gasteiger partial charge in [0.15, 0.2) is 5.78 Å². The fourth-order valence-electron chi connectivity index (χ4n) is 4.55. The quantitative estimate of drug-likeness (QED) is 0.0737. The molecular formula is C32H47N9O8. The number of nitrogens with one attached hydrogen (secondary N) is 8. The number of hydrogen-bond donors (Lipinski definition) is 9. The van der Waals surface area contributed by atoms with E-state index < -0.39 is 72.7 Å². The summed E-state index contributed by atoms with van der Waals surface area (Å²) in [4.78, 5) is 94.9. The van der Waals surface area contributed by atoms with Gasteiger partial charge in [-0.25, -0.2) is 4.98 Å². The zero-order valence-corrected chi connectivity index (χ0v) is 28.3. The molecule has 17 heteroatoms. The fourth-order valence-corrected chi connectivity index (χ4v) is 4.55. The highest BCUT2D eigenvalue weighted by molar-refractivity contribution is 5.95. The first-order valence-electron chi connectivity index (χ1n) is 15.8. The number of ketones is 1. The third-order valence-electron chi connectivity index (χ3n) is 7.12. The molecule has 0 aliphatic heterocycles. The van der Waals surface area contributed by atoms with Gasteiger partial charge in [-0.1, -0.05) is 26.0 Å². The van der Waals surface area contributed by atoms with Gasteiger partial charge in [-0.15, -0.1) is 0 Å². The van der Waals surface area contributed by atoms with Crippen LogP contribution in [0.15, 0.2) is 36.8 Å². The SMILES string of the molecule is CNCC(=O)N[C@@H](Cc1c[nH]cn1)C(=O)N[C@@H](C)C(=O)NCC(=O)NCC(=O)N[C@@H](CC(C)C)C(=O)N[C@@H](Cc1ccc(O)cc1)C(C)=O. The first-order chi connectivity index (χ1) is 23.2. The van der Waals surface area contributed by atoms with E-state index in [2.05, 4.69) is 47.2 Å². The molecule has 0 aliphatic carbocycles. The van der Waals surface area contributed by atoms with E-state index in [0.717, 1.165) is 5.56 Å². The van der Waals surface area contributed by atoms with E-state index in [-0.39, 0.29) is 43.3 Å². The Bertz CT molecular complexity index is 1430. The van der Waals surface area contributed by atoms with Gasteiger partial charge in [-0.2, -0.15) is 0 Å². The van der Waals surface area contributed by atoms with Crippen LogP contribution in [0.2, 0.25) is 0 Å². The number of carbonyl (C=O) groups is 7. The molecule has 2 rings (SSSR count). The van der Waals surface area contributed by atoms with Crippen LogP contribution in [0.5, 0.6) is 5.75 Å². The van der Waals surface area contributed by atoms with Gasteiger partial charge in [0.05, 0.1) is 37.7 Å². The average molecular weight is 686 g/mol. The van der Waals surface area contributed by atoms with Crippen molar-refractivity contribution >= 4 is 41.2 Å². The van der Waals surface area contributed by atoms with Gasteiger partial charge in [0, 0.05) is 12.6 Å². The summed E-state index contributed by atoms with van der Waals surface area (Å²) in [7, 11) is 1.58. The number of benzene rings is 1. The third kappa shape index (κ3) is 15.0. The van der Waals surface area contributed by atoms with E-state index >= 15 is 0 Å². The summed E-state index contributed by atoms with van der Waals surface area (Å²) in [5.41, 5.74) is 1.24. The molecule has 0 unspecified atom stereocenters. The molecule has 9 N–H and O–H groups in total. The number of hydrogen-bond acceptors (Lipinski definition) is 10. The summed E-state index contributed by atoms with van der Waals surface area (Å²) >= 11 is 0. The van der Waals surface area contributed by atoms with Crippen LogP contribution in [-0.4, -0.2) is 107 Å². The zero-order valence-electron chi connectivity index (χ0n) is 28.3. The minimum atomic E-state index is -1.07. The van der Waals surface area contributed by atoms with E-state index in [9.17, 15) is 38.7 Å². The first-order valence-corrected chi connectivity index (χ1v) is 15.8. The van der Waals surface area contributed by atoms with Gasteiger partial charge in [-0.05, 0) is 57.4 Å². The van der Waals surface area contributed by atoms with Crippen molar-refractivity contribution in [1.82, 2.24) is 47.2 Å². The molecule has 4 atom stereocenters. The minimum Gasteiger partial charge on any atom is -0.508 e. The highest BCUT2D eigenvalue weighted by atomic mass is 16.3. The molecule has 0 bridgehead atoms. The van der Waals surface area contributed by atoms with Crippen LogP contribution in [-0.2, 0) is 46.4 Å². The molecule has 0 radical (unpaired) electrons. The fraction of sp³-hybridized carbons (Fsp3) is 0.500. The van der Waals surface area contributed by atoms with E-state index in [4.69, 9.17) is 0 Å². The third-order valence-corrected chi connectivity index (χ3v) is 7.12. The molecule has 1 aromatic carbocycles. The van der Waals surface area contributed by atoms with Crippen molar-refractivity contribution in [3.63, 3.8) is 0 Å². The highest BCUT2D eigenvalue weighted by Crippen LogP contribution is 2.12. The molecular weight excluding hydrogens is 638 g/mol. The maximum atomic E-state index is 13.1. The minimum absolute atomic E-state index is 0.00131. The monoisotopic (exact) mass is 685 g/mol. The Labute approximate surface area is 284 Å². The second kappa shape index (κ2) is 20.1. The van der Waals surface area contributed by atoms with Crippen molar-refractivity contribution in [3.05, 3.63) is 48.0 Å². The van der Waals surface area contributed by atoms with Crippen LogP contribution < -0.4 is 37.2 Å². The van der Waals surface area contributed by atoms with Crippen molar-refractivity contribution in [3.8, 4) is 5.75 Å². The maximum absolute atomic E-state index is 13.1. The van der Waals surface area contributed by atoms with Crippen LogP contribution in [0, 0.1) is 5.92 Å². The molecule has 0 fully saturated rings. The van der Waals surface area contributed by atoms with Crippen LogP contribution in [0.4, 0.5) is 0 Å². The Hall–Kier alpha value is -5.32. The number of carbonyl (C=O) groups excluding carboxylic acids is 7. The maximum Gasteiger partial charge on any atom is 0.243 e.